The molecule has 128 valence electrons. The molecule has 2 aromatic carbocycles. The Morgan fingerprint density at radius 3 is 1.39 bits per heavy atom. The molecule has 23 heavy (non-hydrogen) atoms. The standard InChI is InChI=1S/C15H15F2NO.2C2H6/c16-12-2-6-14(7-3-12)18(10-1-11-19)15-8-4-13(17)5-9-15;2*1-2/h2-9,19H,1,10-11H2;2*1-2H3. The summed E-state index contributed by atoms with van der Waals surface area (Å²) >= 11 is 0. The van der Waals surface area contributed by atoms with Crippen LogP contribution in [-0.4, -0.2) is 18.3 Å². The molecule has 4 heteroatoms. The van der Waals surface area contributed by atoms with Crippen molar-refractivity contribution in [1.82, 2.24) is 0 Å². The summed E-state index contributed by atoms with van der Waals surface area (Å²) in [6.07, 6.45) is 0.578. The lowest BCUT2D eigenvalue weighted by Gasteiger charge is -2.24. The van der Waals surface area contributed by atoms with E-state index in [4.69, 9.17) is 5.11 Å². The van der Waals surface area contributed by atoms with Gasteiger partial charge in [0.05, 0.1) is 0 Å². The van der Waals surface area contributed by atoms with Crippen LogP contribution in [-0.2, 0) is 0 Å². The topological polar surface area (TPSA) is 23.5 Å². The summed E-state index contributed by atoms with van der Waals surface area (Å²) in [6, 6.07) is 12.2. The molecule has 2 rings (SSSR count). The number of benzene rings is 2. The molecule has 2 nitrogen and oxygen atoms in total. The van der Waals surface area contributed by atoms with Gasteiger partial charge in [-0.15, -0.1) is 0 Å². The smallest absolute Gasteiger partial charge is 0.123 e. The number of halogens is 2. The molecule has 0 amide bonds. The molecule has 0 radical (unpaired) electrons. The van der Waals surface area contributed by atoms with Crippen LogP contribution in [0.15, 0.2) is 48.5 Å². The fourth-order valence-electron chi connectivity index (χ4n) is 1.88. The molecule has 0 fully saturated rings. The van der Waals surface area contributed by atoms with Gasteiger partial charge in [-0.2, -0.15) is 0 Å². The number of aliphatic hydroxyl groups is 1. The van der Waals surface area contributed by atoms with Crippen molar-refractivity contribution in [3.63, 3.8) is 0 Å². The Hall–Kier alpha value is -1.94. The third-order valence-corrected chi connectivity index (χ3v) is 2.82. The van der Waals surface area contributed by atoms with Gasteiger partial charge in [0, 0.05) is 24.5 Å². The first kappa shape index (κ1) is 21.1. The SMILES string of the molecule is CC.CC.OCCCN(c1ccc(F)cc1)c1ccc(F)cc1. The van der Waals surface area contributed by atoms with E-state index in [-0.39, 0.29) is 18.2 Å². The molecule has 0 heterocycles. The van der Waals surface area contributed by atoms with Crippen molar-refractivity contribution in [1.29, 1.82) is 0 Å². The van der Waals surface area contributed by atoms with Gasteiger partial charge in [-0.3, -0.25) is 0 Å². The minimum absolute atomic E-state index is 0.0683. The molecular weight excluding hydrogens is 296 g/mol. The number of rotatable bonds is 5. The lowest BCUT2D eigenvalue weighted by atomic mass is 10.2. The minimum atomic E-state index is -0.301. The van der Waals surface area contributed by atoms with Gasteiger partial charge < -0.3 is 10.0 Å². The molecule has 0 aromatic heterocycles. The van der Waals surface area contributed by atoms with E-state index in [1.807, 2.05) is 32.6 Å². The molecule has 0 aliphatic heterocycles. The summed E-state index contributed by atoms with van der Waals surface area (Å²) in [6.45, 7) is 8.65. The van der Waals surface area contributed by atoms with Gasteiger partial charge in [0.2, 0.25) is 0 Å². The summed E-state index contributed by atoms with van der Waals surface area (Å²) in [5, 5.41) is 8.95. The molecule has 2 aromatic rings. The van der Waals surface area contributed by atoms with E-state index < -0.39 is 0 Å². The van der Waals surface area contributed by atoms with E-state index in [2.05, 4.69) is 0 Å². The first-order valence-corrected chi connectivity index (χ1v) is 8.10. The van der Waals surface area contributed by atoms with Crippen LogP contribution in [0, 0.1) is 11.6 Å². The van der Waals surface area contributed by atoms with Crippen molar-refractivity contribution >= 4 is 11.4 Å². The van der Waals surface area contributed by atoms with Crippen molar-refractivity contribution < 1.29 is 13.9 Å². The van der Waals surface area contributed by atoms with E-state index in [1.54, 1.807) is 24.3 Å². The number of hydrogen-bond acceptors (Lipinski definition) is 2. The first-order valence-electron chi connectivity index (χ1n) is 8.10. The highest BCUT2D eigenvalue weighted by Crippen LogP contribution is 2.25. The van der Waals surface area contributed by atoms with Gasteiger partial charge >= 0.3 is 0 Å². The molecule has 0 bridgehead atoms. The van der Waals surface area contributed by atoms with Gasteiger partial charge in [0.25, 0.3) is 0 Å². The van der Waals surface area contributed by atoms with Crippen LogP contribution in [0.1, 0.15) is 34.1 Å². The Bertz CT molecular complexity index is 466. The van der Waals surface area contributed by atoms with E-state index in [9.17, 15) is 8.78 Å². The molecule has 0 spiro atoms. The fourth-order valence-corrected chi connectivity index (χ4v) is 1.88. The number of hydrogen-bond donors (Lipinski definition) is 1. The van der Waals surface area contributed by atoms with Gasteiger partial charge in [-0.05, 0) is 55.0 Å². The molecule has 0 aliphatic rings. The summed E-state index contributed by atoms with van der Waals surface area (Å²) in [7, 11) is 0. The fraction of sp³-hybridized carbons (Fsp3) is 0.368. The van der Waals surface area contributed by atoms with Crippen molar-refractivity contribution in [2.75, 3.05) is 18.1 Å². The van der Waals surface area contributed by atoms with E-state index in [0.717, 1.165) is 11.4 Å². The Morgan fingerprint density at radius 2 is 1.09 bits per heavy atom. The molecule has 0 unspecified atom stereocenters. The Morgan fingerprint density at radius 1 is 0.739 bits per heavy atom. The summed E-state index contributed by atoms with van der Waals surface area (Å²) < 4.78 is 25.9. The maximum atomic E-state index is 12.9. The normalized spacial score (nSPS) is 9.17. The predicted octanol–water partition coefficient (Wildman–Crippen LogP) is 5.54. The average molecular weight is 323 g/mol. The predicted molar refractivity (Wildman–Crippen MR) is 94.2 cm³/mol. The molecule has 0 saturated heterocycles. The maximum absolute atomic E-state index is 12.9. The van der Waals surface area contributed by atoms with Crippen LogP contribution in [0.2, 0.25) is 0 Å². The lowest BCUT2D eigenvalue weighted by molar-refractivity contribution is 0.291. The average Bonchev–Trinajstić information content (AvgIpc) is 2.61. The van der Waals surface area contributed by atoms with Gasteiger partial charge in [-0.25, -0.2) is 8.78 Å². The molecule has 0 atom stereocenters. The van der Waals surface area contributed by atoms with Crippen LogP contribution < -0.4 is 4.90 Å². The number of aliphatic hydroxyl groups excluding tert-OH is 1. The van der Waals surface area contributed by atoms with Crippen LogP contribution >= 0.6 is 0 Å². The Labute approximate surface area is 138 Å². The highest BCUT2D eigenvalue weighted by Gasteiger charge is 2.09. The van der Waals surface area contributed by atoms with E-state index in [1.165, 1.54) is 24.3 Å². The summed E-state index contributed by atoms with van der Waals surface area (Å²) in [5.41, 5.74) is 1.61. The monoisotopic (exact) mass is 323 g/mol. The van der Waals surface area contributed by atoms with Gasteiger partial charge in [0.1, 0.15) is 11.6 Å². The largest absolute Gasteiger partial charge is 0.396 e. The van der Waals surface area contributed by atoms with Crippen molar-refractivity contribution in [2.45, 2.75) is 34.1 Å². The number of nitrogens with zero attached hydrogens (tertiary/aromatic N) is 1. The quantitative estimate of drug-likeness (QED) is 0.781. The summed E-state index contributed by atoms with van der Waals surface area (Å²) in [5.74, 6) is -0.602. The van der Waals surface area contributed by atoms with Crippen LogP contribution in [0.3, 0.4) is 0 Å². The van der Waals surface area contributed by atoms with E-state index in [0.29, 0.717) is 13.0 Å². The maximum Gasteiger partial charge on any atom is 0.123 e. The second-order valence-corrected chi connectivity index (χ2v) is 4.18. The van der Waals surface area contributed by atoms with E-state index >= 15 is 0 Å². The molecule has 0 aliphatic carbocycles. The number of anilines is 2. The summed E-state index contributed by atoms with van der Waals surface area (Å²) in [4.78, 5) is 1.91. The zero-order valence-corrected chi connectivity index (χ0v) is 14.4. The third kappa shape index (κ3) is 7.24. The minimum Gasteiger partial charge on any atom is -0.396 e. The highest BCUT2D eigenvalue weighted by molar-refractivity contribution is 5.62. The zero-order valence-electron chi connectivity index (χ0n) is 14.4. The zero-order chi connectivity index (χ0) is 17.7. The van der Waals surface area contributed by atoms with Gasteiger partial charge in [-0.1, -0.05) is 27.7 Å². The van der Waals surface area contributed by atoms with Crippen LogP contribution in [0.25, 0.3) is 0 Å². The highest BCUT2D eigenvalue weighted by atomic mass is 19.1. The van der Waals surface area contributed by atoms with Gasteiger partial charge in [0.15, 0.2) is 0 Å². The van der Waals surface area contributed by atoms with Crippen LogP contribution in [0.5, 0.6) is 0 Å². The van der Waals surface area contributed by atoms with Crippen molar-refractivity contribution in [3.8, 4) is 0 Å². The van der Waals surface area contributed by atoms with Crippen molar-refractivity contribution in [2.24, 2.45) is 0 Å². The first-order chi connectivity index (χ1) is 11.2. The third-order valence-electron chi connectivity index (χ3n) is 2.82. The van der Waals surface area contributed by atoms with Crippen LogP contribution in [0.4, 0.5) is 20.2 Å². The lowest BCUT2D eigenvalue weighted by Crippen LogP contribution is -2.19. The molecular formula is C19H27F2NO. The second-order valence-electron chi connectivity index (χ2n) is 4.18. The van der Waals surface area contributed by atoms with Crippen molar-refractivity contribution in [3.05, 3.63) is 60.2 Å². The Balaban J connectivity index is 0.00000112. The Kier molecular flexibility index (Phi) is 11.5. The molecule has 1 N–H and O–H groups in total. The molecule has 0 saturated carbocycles. The second kappa shape index (κ2) is 12.6.